The molecule has 0 bridgehead atoms. The molecule has 19 heavy (non-hydrogen) atoms. The number of nitrogens with zero attached hydrogens (tertiary/aromatic N) is 6. The van der Waals surface area contributed by atoms with Crippen LogP contribution in [-0.4, -0.2) is 76.7 Å². The van der Waals surface area contributed by atoms with E-state index in [0.29, 0.717) is 13.1 Å². The first-order valence-corrected chi connectivity index (χ1v) is 6.45. The van der Waals surface area contributed by atoms with Crippen molar-refractivity contribution >= 4 is 5.91 Å². The van der Waals surface area contributed by atoms with Crippen molar-refractivity contribution in [2.45, 2.75) is 19.6 Å². The molecular formula is C12H22N6O. The van der Waals surface area contributed by atoms with Gasteiger partial charge in [-0.3, -0.25) is 9.69 Å². The fraction of sp³-hybridized carbons (Fsp3) is 0.750. The minimum Gasteiger partial charge on any atom is -0.348 e. The summed E-state index contributed by atoms with van der Waals surface area (Å²) >= 11 is 0. The van der Waals surface area contributed by atoms with Crippen LogP contribution in [0.25, 0.3) is 0 Å². The third-order valence-electron chi connectivity index (χ3n) is 3.22. The van der Waals surface area contributed by atoms with Crippen molar-refractivity contribution in [3.05, 3.63) is 11.6 Å². The van der Waals surface area contributed by atoms with Gasteiger partial charge in [-0.15, -0.1) is 10.2 Å². The molecule has 2 heterocycles. The van der Waals surface area contributed by atoms with Crippen LogP contribution in [0.4, 0.5) is 0 Å². The van der Waals surface area contributed by atoms with Crippen LogP contribution < -0.4 is 0 Å². The van der Waals surface area contributed by atoms with Gasteiger partial charge in [0.2, 0.25) is 5.91 Å². The van der Waals surface area contributed by atoms with Crippen LogP contribution in [0, 0.1) is 0 Å². The number of likely N-dealkylation sites (N-methyl/N-ethyl adjacent to an activating group) is 1. The van der Waals surface area contributed by atoms with Gasteiger partial charge in [-0.05, 0) is 14.1 Å². The van der Waals surface area contributed by atoms with Crippen LogP contribution in [0.5, 0.6) is 0 Å². The summed E-state index contributed by atoms with van der Waals surface area (Å²) in [6.45, 7) is 3.66. The standard InChI is InChI=1S/C12H22N6O/c1-15(2)7-10-13-14-11-8-17(5-6-18(10)11)9-12(19)16(3)4/h5-9H2,1-4H3. The topological polar surface area (TPSA) is 57.5 Å². The first-order valence-electron chi connectivity index (χ1n) is 6.45. The Bertz CT molecular complexity index is 453. The van der Waals surface area contributed by atoms with Crippen molar-refractivity contribution < 1.29 is 4.79 Å². The first kappa shape index (κ1) is 14.0. The molecule has 0 fully saturated rings. The lowest BCUT2D eigenvalue weighted by Crippen LogP contribution is -2.41. The highest BCUT2D eigenvalue weighted by Crippen LogP contribution is 2.13. The molecule has 106 valence electrons. The Morgan fingerprint density at radius 1 is 1.21 bits per heavy atom. The highest BCUT2D eigenvalue weighted by Gasteiger charge is 2.22. The van der Waals surface area contributed by atoms with E-state index in [0.717, 1.165) is 31.3 Å². The Balaban J connectivity index is 2.01. The van der Waals surface area contributed by atoms with Gasteiger partial charge in [0, 0.05) is 27.2 Å². The Morgan fingerprint density at radius 2 is 1.95 bits per heavy atom. The highest BCUT2D eigenvalue weighted by molar-refractivity contribution is 5.77. The Hall–Kier alpha value is -1.47. The average molecular weight is 266 g/mol. The molecule has 1 aliphatic rings. The van der Waals surface area contributed by atoms with E-state index in [1.54, 1.807) is 19.0 Å². The van der Waals surface area contributed by atoms with E-state index in [1.807, 2.05) is 14.1 Å². The van der Waals surface area contributed by atoms with Gasteiger partial charge in [0.25, 0.3) is 0 Å². The minimum absolute atomic E-state index is 0.126. The minimum atomic E-state index is 0.126. The molecule has 2 rings (SSSR count). The van der Waals surface area contributed by atoms with Crippen LogP contribution >= 0.6 is 0 Å². The zero-order valence-corrected chi connectivity index (χ0v) is 12.1. The van der Waals surface area contributed by atoms with E-state index < -0.39 is 0 Å². The van der Waals surface area contributed by atoms with E-state index in [4.69, 9.17) is 0 Å². The van der Waals surface area contributed by atoms with Crippen molar-refractivity contribution in [2.75, 3.05) is 41.3 Å². The molecule has 7 heteroatoms. The largest absolute Gasteiger partial charge is 0.348 e. The van der Waals surface area contributed by atoms with Crippen molar-refractivity contribution in [3.8, 4) is 0 Å². The second-order valence-electron chi connectivity index (χ2n) is 5.42. The van der Waals surface area contributed by atoms with Crippen LogP contribution in [0.1, 0.15) is 11.6 Å². The summed E-state index contributed by atoms with van der Waals surface area (Å²) in [4.78, 5) is 17.5. The number of carbonyl (C=O) groups is 1. The fourth-order valence-electron chi connectivity index (χ4n) is 2.14. The summed E-state index contributed by atoms with van der Waals surface area (Å²) < 4.78 is 2.16. The van der Waals surface area contributed by atoms with Crippen LogP contribution in [0.15, 0.2) is 0 Å². The molecule has 1 aromatic rings. The summed E-state index contributed by atoms with van der Waals surface area (Å²) in [5, 5.41) is 8.47. The van der Waals surface area contributed by atoms with E-state index in [9.17, 15) is 4.79 Å². The van der Waals surface area contributed by atoms with E-state index in [1.165, 1.54) is 0 Å². The smallest absolute Gasteiger partial charge is 0.236 e. The van der Waals surface area contributed by atoms with Gasteiger partial charge >= 0.3 is 0 Å². The van der Waals surface area contributed by atoms with Crippen molar-refractivity contribution in [2.24, 2.45) is 0 Å². The maximum Gasteiger partial charge on any atom is 0.236 e. The van der Waals surface area contributed by atoms with Gasteiger partial charge in [0.15, 0.2) is 0 Å². The number of fused-ring (bicyclic) bond motifs is 1. The number of carbonyl (C=O) groups excluding carboxylic acids is 1. The van der Waals surface area contributed by atoms with Gasteiger partial charge < -0.3 is 14.4 Å². The molecule has 0 saturated heterocycles. The monoisotopic (exact) mass is 266 g/mol. The van der Waals surface area contributed by atoms with E-state index in [-0.39, 0.29) is 5.91 Å². The molecule has 0 aliphatic carbocycles. The van der Waals surface area contributed by atoms with Crippen molar-refractivity contribution in [3.63, 3.8) is 0 Å². The zero-order chi connectivity index (χ0) is 14.0. The molecule has 0 spiro atoms. The Labute approximate surface area is 113 Å². The third kappa shape index (κ3) is 3.30. The van der Waals surface area contributed by atoms with Gasteiger partial charge in [-0.1, -0.05) is 0 Å². The molecule has 1 aliphatic heterocycles. The average Bonchev–Trinajstić information content (AvgIpc) is 2.71. The maximum atomic E-state index is 11.7. The second kappa shape index (κ2) is 5.66. The molecule has 0 saturated carbocycles. The number of hydrogen-bond donors (Lipinski definition) is 0. The Morgan fingerprint density at radius 3 is 2.58 bits per heavy atom. The summed E-state index contributed by atoms with van der Waals surface area (Å²) in [7, 11) is 7.60. The lowest BCUT2D eigenvalue weighted by atomic mass is 10.3. The predicted molar refractivity (Wildman–Crippen MR) is 71.4 cm³/mol. The molecule has 0 aromatic carbocycles. The predicted octanol–water partition coefficient (Wildman–Crippen LogP) is -0.756. The SMILES string of the molecule is CN(C)Cc1nnc2n1CCN(CC(=O)N(C)C)C2. The molecule has 0 N–H and O–H groups in total. The quantitative estimate of drug-likeness (QED) is 0.717. The van der Waals surface area contributed by atoms with Gasteiger partial charge in [0.1, 0.15) is 11.6 Å². The van der Waals surface area contributed by atoms with Gasteiger partial charge in [0.05, 0.1) is 19.6 Å². The second-order valence-corrected chi connectivity index (χ2v) is 5.42. The van der Waals surface area contributed by atoms with E-state index >= 15 is 0 Å². The molecular weight excluding hydrogens is 244 g/mol. The van der Waals surface area contributed by atoms with Crippen molar-refractivity contribution in [1.82, 2.24) is 29.5 Å². The normalized spacial score (nSPS) is 15.6. The lowest BCUT2D eigenvalue weighted by molar-refractivity contribution is -0.130. The third-order valence-corrected chi connectivity index (χ3v) is 3.22. The molecule has 0 radical (unpaired) electrons. The zero-order valence-electron chi connectivity index (χ0n) is 12.1. The first-order chi connectivity index (χ1) is 8.97. The summed E-state index contributed by atoms with van der Waals surface area (Å²) in [6.07, 6.45) is 0. The summed E-state index contributed by atoms with van der Waals surface area (Å²) in [6, 6.07) is 0. The molecule has 0 atom stereocenters. The van der Waals surface area contributed by atoms with Crippen molar-refractivity contribution in [1.29, 1.82) is 0 Å². The summed E-state index contributed by atoms with van der Waals surface area (Å²) in [5.74, 6) is 2.08. The summed E-state index contributed by atoms with van der Waals surface area (Å²) in [5.41, 5.74) is 0. The highest BCUT2D eigenvalue weighted by atomic mass is 16.2. The van der Waals surface area contributed by atoms with Gasteiger partial charge in [-0.25, -0.2) is 0 Å². The number of hydrogen-bond acceptors (Lipinski definition) is 5. The van der Waals surface area contributed by atoms with Gasteiger partial charge in [-0.2, -0.15) is 0 Å². The maximum absolute atomic E-state index is 11.7. The number of rotatable bonds is 4. The number of amides is 1. The molecule has 1 aromatic heterocycles. The Kier molecular flexibility index (Phi) is 4.16. The van der Waals surface area contributed by atoms with Crippen LogP contribution in [0.2, 0.25) is 0 Å². The van der Waals surface area contributed by atoms with E-state index in [2.05, 4.69) is 24.6 Å². The molecule has 0 unspecified atom stereocenters. The lowest BCUT2D eigenvalue weighted by Gasteiger charge is -2.28. The number of aromatic nitrogens is 3. The fourth-order valence-corrected chi connectivity index (χ4v) is 2.14. The molecule has 1 amide bonds. The van der Waals surface area contributed by atoms with Crippen LogP contribution in [-0.2, 0) is 24.4 Å². The van der Waals surface area contributed by atoms with Crippen LogP contribution in [0.3, 0.4) is 0 Å². The molecule has 7 nitrogen and oxygen atoms in total.